The predicted octanol–water partition coefficient (Wildman–Crippen LogP) is 2.22. The van der Waals surface area contributed by atoms with Gasteiger partial charge in [0.1, 0.15) is 6.54 Å². The number of amides is 1. The Labute approximate surface area is 158 Å². The van der Waals surface area contributed by atoms with Gasteiger partial charge in [0.2, 0.25) is 5.91 Å². The van der Waals surface area contributed by atoms with E-state index < -0.39 is 0 Å². The fourth-order valence-corrected chi connectivity index (χ4v) is 3.99. The molecule has 0 saturated carbocycles. The molecule has 1 aliphatic heterocycles. The molecule has 0 bridgehead atoms. The number of benzene rings is 1. The van der Waals surface area contributed by atoms with Crippen LogP contribution >= 0.6 is 0 Å². The van der Waals surface area contributed by atoms with Crippen LogP contribution in [0.2, 0.25) is 0 Å². The Morgan fingerprint density at radius 3 is 2.56 bits per heavy atom. The molecular formula is C21H24N4O2. The molecule has 1 saturated heterocycles. The van der Waals surface area contributed by atoms with Crippen molar-refractivity contribution in [3.8, 4) is 0 Å². The number of likely N-dealkylation sites (tertiary alicyclic amines) is 1. The highest BCUT2D eigenvalue weighted by Gasteiger charge is 2.24. The van der Waals surface area contributed by atoms with Gasteiger partial charge in [0.15, 0.2) is 0 Å². The summed E-state index contributed by atoms with van der Waals surface area (Å²) in [6, 6.07) is 11.7. The van der Waals surface area contributed by atoms with Gasteiger partial charge in [0.25, 0.3) is 0 Å². The largest absolute Gasteiger partial charge is 0.341 e. The van der Waals surface area contributed by atoms with Gasteiger partial charge >= 0.3 is 5.69 Å². The summed E-state index contributed by atoms with van der Waals surface area (Å²) < 4.78 is 3.18. The van der Waals surface area contributed by atoms with E-state index in [1.807, 2.05) is 41.4 Å². The smallest absolute Gasteiger partial charge is 0.329 e. The third-order valence-electron chi connectivity index (χ3n) is 5.56. The van der Waals surface area contributed by atoms with Crippen LogP contribution in [0.4, 0.5) is 0 Å². The average molecular weight is 364 g/mol. The number of hydrogen-bond acceptors (Lipinski definition) is 3. The molecule has 0 N–H and O–H groups in total. The van der Waals surface area contributed by atoms with Crippen molar-refractivity contribution >= 4 is 16.9 Å². The lowest BCUT2D eigenvalue weighted by Gasteiger charge is -2.32. The molecule has 0 radical (unpaired) electrons. The fraction of sp³-hybridized carbons (Fsp3) is 0.381. The summed E-state index contributed by atoms with van der Waals surface area (Å²) in [4.78, 5) is 31.4. The molecule has 27 heavy (non-hydrogen) atoms. The maximum Gasteiger partial charge on any atom is 0.329 e. The van der Waals surface area contributed by atoms with Crippen LogP contribution in [0, 0.1) is 5.92 Å². The molecule has 0 spiro atoms. The zero-order valence-corrected chi connectivity index (χ0v) is 15.5. The van der Waals surface area contributed by atoms with Gasteiger partial charge in [-0.05, 0) is 48.9 Å². The van der Waals surface area contributed by atoms with E-state index in [0.717, 1.165) is 43.4 Å². The molecule has 1 aliphatic rings. The molecule has 0 atom stereocenters. The maximum atomic E-state index is 12.8. The quantitative estimate of drug-likeness (QED) is 0.713. The Kier molecular flexibility index (Phi) is 4.79. The van der Waals surface area contributed by atoms with E-state index in [9.17, 15) is 9.59 Å². The lowest BCUT2D eigenvalue weighted by molar-refractivity contribution is -0.133. The van der Waals surface area contributed by atoms with E-state index in [4.69, 9.17) is 0 Å². The minimum absolute atomic E-state index is 0.0216. The number of piperidine rings is 1. The molecule has 140 valence electrons. The van der Waals surface area contributed by atoms with E-state index in [0.29, 0.717) is 5.92 Å². The van der Waals surface area contributed by atoms with Gasteiger partial charge < -0.3 is 4.90 Å². The summed E-state index contributed by atoms with van der Waals surface area (Å²) >= 11 is 0. The van der Waals surface area contributed by atoms with Crippen molar-refractivity contribution in [3.63, 3.8) is 0 Å². The highest BCUT2D eigenvalue weighted by Crippen LogP contribution is 2.22. The molecule has 3 heterocycles. The van der Waals surface area contributed by atoms with Crippen LogP contribution in [0.5, 0.6) is 0 Å². The van der Waals surface area contributed by atoms with E-state index in [1.165, 1.54) is 5.56 Å². The molecule has 1 amide bonds. The Morgan fingerprint density at radius 2 is 1.85 bits per heavy atom. The van der Waals surface area contributed by atoms with E-state index in [1.54, 1.807) is 22.4 Å². The molecular weight excluding hydrogens is 340 g/mol. The van der Waals surface area contributed by atoms with Crippen LogP contribution in [0.25, 0.3) is 11.0 Å². The molecule has 2 aromatic heterocycles. The lowest BCUT2D eigenvalue weighted by atomic mass is 9.91. The van der Waals surface area contributed by atoms with Crippen LogP contribution in [-0.2, 0) is 24.8 Å². The van der Waals surface area contributed by atoms with Gasteiger partial charge in [0, 0.05) is 32.5 Å². The first-order chi connectivity index (χ1) is 13.1. The average Bonchev–Trinajstić information content (AvgIpc) is 2.94. The van der Waals surface area contributed by atoms with Crippen molar-refractivity contribution in [1.29, 1.82) is 0 Å². The SMILES string of the molecule is Cn1c(=O)n(CC(=O)N2CCC(Cc3cccnc3)CC2)c2ccccc21. The van der Waals surface area contributed by atoms with Crippen LogP contribution in [0.3, 0.4) is 0 Å². The van der Waals surface area contributed by atoms with E-state index in [2.05, 4.69) is 11.1 Å². The normalized spacial score (nSPS) is 15.4. The van der Waals surface area contributed by atoms with Crippen LogP contribution in [-0.4, -0.2) is 38.0 Å². The second-order valence-electron chi connectivity index (χ2n) is 7.31. The third kappa shape index (κ3) is 3.52. The van der Waals surface area contributed by atoms with Gasteiger partial charge in [-0.2, -0.15) is 0 Å². The number of nitrogens with zero attached hydrogens (tertiary/aromatic N) is 4. The molecule has 0 unspecified atom stereocenters. The second kappa shape index (κ2) is 7.39. The number of aromatic nitrogens is 3. The highest BCUT2D eigenvalue weighted by atomic mass is 16.2. The minimum atomic E-state index is -0.143. The van der Waals surface area contributed by atoms with Gasteiger partial charge in [-0.15, -0.1) is 0 Å². The molecule has 0 aliphatic carbocycles. The standard InChI is InChI=1S/C21H24N4O2/c1-23-18-6-2-3-7-19(18)25(21(23)27)15-20(26)24-11-8-16(9-12-24)13-17-5-4-10-22-14-17/h2-7,10,14,16H,8-9,11-13,15H2,1H3. The molecule has 6 heteroatoms. The number of rotatable bonds is 4. The summed E-state index contributed by atoms with van der Waals surface area (Å²) in [6.07, 6.45) is 6.71. The summed E-state index contributed by atoms with van der Waals surface area (Å²) in [5.41, 5.74) is 2.77. The van der Waals surface area contributed by atoms with Gasteiger partial charge in [-0.25, -0.2) is 4.79 Å². The first kappa shape index (κ1) is 17.5. The number of imidazole rings is 1. The van der Waals surface area contributed by atoms with Crippen molar-refractivity contribution in [2.24, 2.45) is 13.0 Å². The number of pyridine rings is 1. The maximum absolute atomic E-state index is 12.8. The Morgan fingerprint density at radius 1 is 1.11 bits per heavy atom. The third-order valence-corrected chi connectivity index (χ3v) is 5.56. The molecule has 1 aromatic carbocycles. The topological polar surface area (TPSA) is 60.1 Å². The monoisotopic (exact) mass is 364 g/mol. The first-order valence-corrected chi connectivity index (χ1v) is 9.44. The van der Waals surface area contributed by atoms with Crippen LogP contribution < -0.4 is 5.69 Å². The van der Waals surface area contributed by atoms with Crippen molar-refractivity contribution in [2.45, 2.75) is 25.8 Å². The number of aryl methyl sites for hydroxylation is 1. The molecule has 6 nitrogen and oxygen atoms in total. The summed E-state index contributed by atoms with van der Waals surface area (Å²) in [5.74, 6) is 0.604. The van der Waals surface area contributed by atoms with E-state index in [-0.39, 0.29) is 18.1 Å². The molecule has 1 fully saturated rings. The number of hydrogen-bond donors (Lipinski definition) is 0. The number of para-hydroxylation sites is 2. The summed E-state index contributed by atoms with van der Waals surface area (Å²) in [7, 11) is 1.75. The van der Waals surface area contributed by atoms with Crippen molar-refractivity contribution in [1.82, 2.24) is 19.0 Å². The zero-order chi connectivity index (χ0) is 18.8. The highest BCUT2D eigenvalue weighted by molar-refractivity contribution is 5.81. The van der Waals surface area contributed by atoms with Gasteiger partial charge in [-0.1, -0.05) is 18.2 Å². The van der Waals surface area contributed by atoms with Gasteiger partial charge in [0.05, 0.1) is 11.0 Å². The summed E-state index contributed by atoms with van der Waals surface area (Å²) in [5, 5.41) is 0. The Balaban J connectivity index is 1.41. The number of fused-ring (bicyclic) bond motifs is 1. The first-order valence-electron chi connectivity index (χ1n) is 9.44. The van der Waals surface area contributed by atoms with Crippen molar-refractivity contribution in [3.05, 3.63) is 64.8 Å². The Hall–Kier alpha value is -2.89. The Bertz CT molecular complexity index is 998. The number of carbonyl (C=O) groups excluding carboxylic acids is 1. The lowest BCUT2D eigenvalue weighted by Crippen LogP contribution is -2.41. The number of carbonyl (C=O) groups is 1. The fourth-order valence-electron chi connectivity index (χ4n) is 3.99. The van der Waals surface area contributed by atoms with Crippen molar-refractivity contribution in [2.75, 3.05) is 13.1 Å². The molecule has 3 aromatic rings. The van der Waals surface area contributed by atoms with Gasteiger partial charge in [-0.3, -0.25) is 18.9 Å². The second-order valence-corrected chi connectivity index (χ2v) is 7.31. The minimum Gasteiger partial charge on any atom is -0.341 e. The van der Waals surface area contributed by atoms with Crippen molar-refractivity contribution < 1.29 is 4.79 Å². The summed E-state index contributed by atoms with van der Waals surface area (Å²) in [6.45, 7) is 1.61. The van der Waals surface area contributed by atoms with Crippen LogP contribution in [0.1, 0.15) is 18.4 Å². The predicted molar refractivity (Wildman–Crippen MR) is 104 cm³/mol. The van der Waals surface area contributed by atoms with Crippen LogP contribution in [0.15, 0.2) is 53.6 Å². The zero-order valence-electron chi connectivity index (χ0n) is 15.5. The van der Waals surface area contributed by atoms with E-state index >= 15 is 0 Å². The molecule has 4 rings (SSSR count).